The van der Waals surface area contributed by atoms with Gasteiger partial charge in [0.1, 0.15) is 0 Å². The summed E-state index contributed by atoms with van der Waals surface area (Å²) < 4.78 is 8.08. The van der Waals surface area contributed by atoms with E-state index in [-0.39, 0.29) is 52.8 Å². The Morgan fingerprint density at radius 3 is 1.71 bits per heavy atom. The Bertz CT molecular complexity index is 52.5. The van der Waals surface area contributed by atoms with Gasteiger partial charge in [0.2, 0.25) is 0 Å². The summed E-state index contributed by atoms with van der Waals surface area (Å²) in [7, 11) is 2.51. The van der Waals surface area contributed by atoms with Gasteiger partial charge in [0.05, 0.1) is 14.2 Å². The zero-order chi connectivity index (χ0) is 4.99. The monoisotopic (exact) mass is 130 g/mol. The fraction of sp³-hybridized carbons (Fsp3) is 0.667. The van der Waals surface area contributed by atoms with E-state index in [1.54, 1.807) is 0 Å². The van der Waals surface area contributed by atoms with Gasteiger partial charge in [0, 0.05) is 0 Å². The van der Waals surface area contributed by atoms with Gasteiger partial charge in [-0.25, -0.2) is 4.79 Å². The summed E-state index contributed by atoms with van der Waals surface area (Å²) in [6.07, 6.45) is -0.657. The number of hydrogen-bond donors (Lipinski definition) is 0. The maximum atomic E-state index is 9.74. The van der Waals surface area contributed by atoms with Gasteiger partial charge in [0.25, 0.3) is 0 Å². The van der Waals surface area contributed by atoms with E-state index in [2.05, 4.69) is 9.47 Å². The minimum absolute atomic E-state index is 0. The van der Waals surface area contributed by atoms with Crippen LogP contribution in [0.1, 0.15) is 1.43 Å². The van der Waals surface area contributed by atoms with Crippen LogP contribution in [0.2, 0.25) is 0 Å². The molecule has 0 radical (unpaired) electrons. The third-order valence-corrected chi connectivity index (χ3v) is 0.333. The Kier molecular flexibility index (Phi) is 10.7. The van der Waals surface area contributed by atoms with E-state index in [0.717, 1.165) is 0 Å². The van der Waals surface area contributed by atoms with E-state index in [4.69, 9.17) is 0 Å². The molecule has 0 aliphatic heterocycles. The zero-order valence-corrected chi connectivity index (χ0v) is 7.85. The first kappa shape index (κ1) is 10.8. The Morgan fingerprint density at radius 2 is 1.71 bits per heavy atom. The summed E-state index contributed by atoms with van der Waals surface area (Å²) in [5, 5.41) is 0. The van der Waals surface area contributed by atoms with E-state index in [1.807, 2.05) is 0 Å². The van der Waals surface area contributed by atoms with Crippen LogP contribution in [0.3, 0.4) is 0 Å². The molecule has 0 rings (SSSR count). The molecule has 0 aromatic carbocycles. The largest absolute Gasteiger partial charge is 1.00 e. The SMILES string of the molecule is COC(=O)OC.[H-].[K+]. The van der Waals surface area contributed by atoms with Gasteiger partial charge in [-0.15, -0.1) is 0 Å². The second-order valence-electron chi connectivity index (χ2n) is 0.658. The van der Waals surface area contributed by atoms with Crippen molar-refractivity contribution < 1.29 is 67.1 Å². The summed E-state index contributed by atoms with van der Waals surface area (Å²) in [6, 6.07) is 0. The van der Waals surface area contributed by atoms with Crippen LogP contribution >= 0.6 is 0 Å². The van der Waals surface area contributed by atoms with Gasteiger partial charge in [-0.3, -0.25) is 0 Å². The number of methoxy groups -OCH3 is 2. The standard InChI is InChI=1S/C3H6O3.K.H/c1-5-3(4)6-2;;/h1-2H3;;/q;+1;-1. The molecule has 0 aromatic heterocycles. The molecule has 0 saturated heterocycles. The molecule has 0 spiro atoms. The predicted octanol–water partition coefficient (Wildman–Crippen LogP) is -2.48. The van der Waals surface area contributed by atoms with Crippen molar-refractivity contribution in [2.45, 2.75) is 0 Å². The molecule has 0 aromatic rings. The number of hydrogen-bond acceptors (Lipinski definition) is 3. The van der Waals surface area contributed by atoms with Crippen LogP contribution in [0.5, 0.6) is 0 Å². The normalized spacial score (nSPS) is 6.00. The molecule has 7 heavy (non-hydrogen) atoms. The van der Waals surface area contributed by atoms with Crippen LogP contribution in [0.4, 0.5) is 4.79 Å². The van der Waals surface area contributed by atoms with Crippen LogP contribution in [-0.2, 0) is 9.47 Å². The second kappa shape index (κ2) is 6.91. The van der Waals surface area contributed by atoms with E-state index in [9.17, 15) is 4.79 Å². The molecule has 0 amide bonds. The number of rotatable bonds is 0. The Labute approximate surface area is 86.3 Å². The third kappa shape index (κ3) is 6.91. The van der Waals surface area contributed by atoms with Crippen LogP contribution in [0.15, 0.2) is 0 Å². The van der Waals surface area contributed by atoms with Crippen molar-refractivity contribution in [1.29, 1.82) is 0 Å². The smallest absolute Gasteiger partial charge is 1.00 e. The second-order valence-corrected chi connectivity index (χ2v) is 0.658. The molecule has 0 atom stereocenters. The maximum Gasteiger partial charge on any atom is 1.00 e. The average Bonchev–Trinajstić information content (AvgIpc) is 1.65. The van der Waals surface area contributed by atoms with Gasteiger partial charge in [0.15, 0.2) is 0 Å². The number of carbonyl (C=O) groups excluding carboxylic acids is 1. The van der Waals surface area contributed by atoms with Crippen molar-refractivity contribution >= 4 is 6.16 Å². The van der Waals surface area contributed by atoms with Crippen molar-refractivity contribution in [2.75, 3.05) is 14.2 Å². The molecule has 0 unspecified atom stereocenters. The van der Waals surface area contributed by atoms with Gasteiger partial charge >= 0.3 is 57.5 Å². The van der Waals surface area contributed by atoms with E-state index in [1.165, 1.54) is 14.2 Å². The summed E-state index contributed by atoms with van der Waals surface area (Å²) in [4.78, 5) is 9.74. The van der Waals surface area contributed by atoms with Crippen molar-refractivity contribution in [1.82, 2.24) is 0 Å². The molecule has 4 heteroatoms. The summed E-state index contributed by atoms with van der Waals surface area (Å²) in [5.74, 6) is 0. The topological polar surface area (TPSA) is 35.5 Å². The fourth-order valence-electron chi connectivity index (χ4n) is 0.0833. The van der Waals surface area contributed by atoms with Crippen LogP contribution in [-0.4, -0.2) is 20.4 Å². The van der Waals surface area contributed by atoms with E-state index < -0.39 is 6.16 Å². The van der Waals surface area contributed by atoms with Gasteiger partial charge in [-0.1, -0.05) is 0 Å². The molecule has 0 fully saturated rings. The first-order valence-corrected chi connectivity index (χ1v) is 1.43. The summed E-state index contributed by atoms with van der Waals surface area (Å²) in [6.45, 7) is 0. The van der Waals surface area contributed by atoms with E-state index in [0.29, 0.717) is 0 Å². The van der Waals surface area contributed by atoms with Gasteiger partial charge in [-0.05, 0) is 0 Å². The van der Waals surface area contributed by atoms with Crippen LogP contribution in [0, 0.1) is 0 Å². The molecule has 0 aliphatic carbocycles. The van der Waals surface area contributed by atoms with Crippen LogP contribution in [0.25, 0.3) is 0 Å². The molecule has 0 bridgehead atoms. The minimum Gasteiger partial charge on any atom is -1.00 e. The average molecular weight is 130 g/mol. The molecule has 0 heterocycles. The molecular formula is C3H7KO3. The third-order valence-electron chi connectivity index (χ3n) is 0.333. The molecule has 0 aliphatic rings. The molecule has 0 saturated carbocycles. The van der Waals surface area contributed by atoms with Crippen molar-refractivity contribution in [2.24, 2.45) is 0 Å². The Morgan fingerprint density at radius 1 is 1.43 bits per heavy atom. The van der Waals surface area contributed by atoms with Crippen molar-refractivity contribution in [3.63, 3.8) is 0 Å². The Balaban J connectivity index is -0.000000125. The van der Waals surface area contributed by atoms with E-state index >= 15 is 0 Å². The molecular weight excluding hydrogens is 123 g/mol. The summed E-state index contributed by atoms with van der Waals surface area (Å²) in [5.41, 5.74) is 0. The molecule has 3 nitrogen and oxygen atoms in total. The minimum atomic E-state index is -0.657. The fourth-order valence-corrected chi connectivity index (χ4v) is 0.0833. The van der Waals surface area contributed by atoms with Crippen molar-refractivity contribution in [3.05, 3.63) is 0 Å². The Hall–Kier alpha value is 0.906. The van der Waals surface area contributed by atoms with Gasteiger partial charge in [-0.2, -0.15) is 0 Å². The first-order valence-electron chi connectivity index (χ1n) is 1.43. The zero-order valence-electron chi connectivity index (χ0n) is 5.72. The summed E-state index contributed by atoms with van der Waals surface area (Å²) >= 11 is 0. The molecule has 0 N–H and O–H groups in total. The molecule has 38 valence electrons. The first-order chi connectivity index (χ1) is 2.81. The van der Waals surface area contributed by atoms with Gasteiger partial charge < -0.3 is 10.9 Å². The number of carbonyl (C=O) groups is 1. The van der Waals surface area contributed by atoms with Crippen LogP contribution < -0.4 is 51.4 Å². The maximum absolute atomic E-state index is 9.74. The van der Waals surface area contributed by atoms with Crippen molar-refractivity contribution in [3.8, 4) is 0 Å². The quantitative estimate of drug-likeness (QED) is 0.269. The predicted molar refractivity (Wildman–Crippen MR) is 20.5 cm³/mol. The number of ether oxygens (including phenoxy) is 2.